The van der Waals surface area contributed by atoms with Gasteiger partial charge in [0.05, 0.1) is 19.1 Å². The van der Waals surface area contributed by atoms with Gasteiger partial charge >= 0.3 is 5.97 Å². The zero-order valence-electron chi connectivity index (χ0n) is 16.3. The molecule has 1 amide bonds. The van der Waals surface area contributed by atoms with E-state index in [1.165, 1.54) is 7.11 Å². The van der Waals surface area contributed by atoms with Crippen LogP contribution in [0, 0.1) is 0 Å². The predicted molar refractivity (Wildman–Crippen MR) is 115 cm³/mol. The highest BCUT2D eigenvalue weighted by molar-refractivity contribution is 6.06. The van der Waals surface area contributed by atoms with E-state index >= 15 is 0 Å². The van der Waals surface area contributed by atoms with Gasteiger partial charge in [0.25, 0.3) is 5.91 Å². The van der Waals surface area contributed by atoms with Crippen LogP contribution >= 0.6 is 0 Å². The molecule has 0 spiro atoms. The SMILES string of the molecule is COc1ccccc1C(=O)Nc1ccc(OC(=O)Cc2c[nH]c3ccccc23)cc1. The van der Waals surface area contributed by atoms with Crippen molar-refractivity contribution < 1.29 is 19.1 Å². The van der Waals surface area contributed by atoms with Crippen LogP contribution in [0.5, 0.6) is 11.5 Å². The summed E-state index contributed by atoms with van der Waals surface area (Å²) in [7, 11) is 1.52. The lowest BCUT2D eigenvalue weighted by Crippen LogP contribution is -2.13. The van der Waals surface area contributed by atoms with Gasteiger partial charge in [-0.25, -0.2) is 0 Å². The molecule has 0 aliphatic heterocycles. The third kappa shape index (κ3) is 4.17. The molecule has 0 saturated carbocycles. The van der Waals surface area contributed by atoms with Crippen LogP contribution in [-0.4, -0.2) is 24.0 Å². The highest BCUT2D eigenvalue weighted by Gasteiger charge is 2.13. The number of carbonyl (C=O) groups is 2. The fraction of sp³-hybridized carbons (Fsp3) is 0.0833. The Kier molecular flexibility index (Phi) is 5.48. The number of rotatable bonds is 6. The molecule has 2 N–H and O–H groups in total. The molecule has 3 aromatic carbocycles. The summed E-state index contributed by atoms with van der Waals surface area (Å²) in [5, 5.41) is 3.81. The summed E-state index contributed by atoms with van der Waals surface area (Å²) in [5.41, 5.74) is 2.89. The van der Waals surface area contributed by atoms with E-state index in [1.807, 2.05) is 30.5 Å². The smallest absolute Gasteiger partial charge is 0.315 e. The van der Waals surface area contributed by atoms with Crippen molar-refractivity contribution in [2.24, 2.45) is 0 Å². The van der Waals surface area contributed by atoms with Gasteiger partial charge in [0.15, 0.2) is 0 Å². The highest BCUT2D eigenvalue weighted by Crippen LogP contribution is 2.22. The minimum absolute atomic E-state index is 0.163. The van der Waals surface area contributed by atoms with Gasteiger partial charge in [0, 0.05) is 22.8 Å². The number of hydrogen-bond donors (Lipinski definition) is 2. The fourth-order valence-electron chi connectivity index (χ4n) is 3.24. The zero-order chi connectivity index (χ0) is 20.9. The van der Waals surface area contributed by atoms with Crippen molar-refractivity contribution >= 4 is 28.5 Å². The van der Waals surface area contributed by atoms with E-state index in [-0.39, 0.29) is 18.3 Å². The summed E-state index contributed by atoms with van der Waals surface area (Å²) in [5.74, 6) is 0.273. The standard InChI is InChI=1S/C24H20N2O4/c1-29-22-9-5-3-7-20(22)24(28)26-17-10-12-18(13-11-17)30-23(27)14-16-15-25-21-8-4-2-6-19(16)21/h2-13,15,25H,14H2,1H3,(H,26,28). The minimum atomic E-state index is -0.356. The zero-order valence-corrected chi connectivity index (χ0v) is 16.3. The van der Waals surface area contributed by atoms with Gasteiger partial charge in [-0.05, 0) is 48.0 Å². The van der Waals surface area contributed by atoms with Crippen LogP contribution in [0.15, 0.2) is 79.0 Å². The number of H-pyrrole nitrogens is 1. The van der Waals surface area contributed by atoms with Crippen molar-refractivity contribution in [3.8, 4) is 11.5 Å². The second-order valence-corrected chi connectivity index (χ2v) is 6.69. The number of nitrogens with one attached hydrogen (secondary N) is 2. The average molecular weight is 400 g/mol. The second-order valence-electron chi connectivity index (χ2n) is 6.69. The number of amides is 1. The lowest BCUT2D eigenvalue weighted by atomic mass is 10.1. The van der Waals surface area contributed by atoms with Gasteiger partial charge in [-0.3, -0.25) is 9.59 Å². The lowest BCUT2D eigenvalue weighted by molar-refractivity contribution is -0.133. The van der Waals surface area contributed by atoms with E-state index in [4.69, 9.17) is 9.47 Å². The Morgan fingerprint density at radius 3 is 2.47 bits per heavy atom. The Hall–Kier alpha value is -4.06. The molecule has 30 heavy (non-hydrogen) atoms. The fourth-order valence-corrected chi connectivity index (χ4v) is 3.24. The molecular formula is C24H20N2O4. The summed E-state index contributed by atoms with van der Waals surface area (Å²) in [6, 6.07) is 21.4. The van der Waals surface area contributed by atoms with Crippen molar-refractivity contribution in [1.82, 2.24) is 4.98 Å². The molecule has 0 radical (unpaired) electrons. The Morgan fingerprint density at radius 1 is 0.933 bits per heavy atom. The largest absolute Gasteiger partial charge is 0.496 e. The first kappa shape index (κ1) is 19.3. The third-order valence-corrected chi connectivity index (χ3v) is 4.71. The van der Waals surface area contributed by atoms with Gasteiger partial charge in [-0.2, -0.15) is 0 Å². The van der Waals surface area contributed by atoms with Crippen LogP contribution in [-0.2, 0) is 11.2 Å². The molecule has 0 unspecified atom stereocenters. The van der Waals surface area contributed by atoms with Gasteiger partial charge in [0.1, 0.15) is 11.5 Å². The number of aromatic nitrogens is 1. The number of esters is 1. The van der Waals surface area contributed by atoms with Crippen molar-refractivity contribution in [3.05, 3.63) is 90.1 Å². The monoisotopic (exact) mass is 400 g/mol. The number of anilines is 1. The number of benzene rings is 3. The first-order valence-corrected chi connectivity index (χ1v) is 9.44. The molecule has 0 fully saturated rings. The van der Waals surface area contributed by atoms with Gasteiger partial charge in [0.2, 0.25) is 0 Å². The average Bonchev–Trinajstić information content (AvgIpc) is 3.17. The van der Waals surface area contributed by atoms with E-state index in [0.717, 1.165) is 16.5 Å². The first-order chi connectivity index (χ1) is 14.6. The van der Waals surface area contributed by atoms with Crippen molar-refractivity contribution in [2.45, 2.75) is 6.42 Å². The Balaban J connectivity index is 1.38. The van der Waals surface area contributed by atoms with Crippen molar-refractivity contribution in [1.29, 1.82) is 0 Å². The van der Waals surface area contributed by atoms with E-state index in [1.54, 1.807) is 48.5 Å². The summed E-state index contributed by atoms with van der Waals surface area (Å²) in [4.78, 5) is 27.9. The topological polar surface area (TPSA) is 80.4 Å². The number of fused-ring (bicyclic) bond motifs is 1. The number of aromatic amines is 1. The molecule has 1 aromatic heterocycles. The molecule has 4 aromatic rings. The van der Waals surface area contributed by atoms with E-state index in [2.05, 4.69) is 10.3 Å². The Labute approximate surface area is 173 Å². The lowest BCUT2D eigenvalue weighted by Gasteiger charge is -2.10. The van der Waals surface area contributed by atoms with Crippen LogP contribution in [0.3, 0.4) is 0 Å². The molecular weight excluding hydrogens is 380 g/mol. The number of hydrogen-bond acceptors (Lipinski definition) is 4. The van der Waals surface area contributed by atoms with E-state index < -0.39 is 0 Å². The highest BCUT2D eigenvalue weighted by atomic mass is 16.5. The molecule has 150 valence electrons. The van der Waals surface area contributed by atoms with Crippen LogP contribution in [0.2, 0.25) is 0 Å². The maximum atomic E-state index is 12.5. The number of methoxy groups -OCH3 is 1. The summed E-state index contributed by atoms with van der Waals surface area (Å²) in [6.07, 6.45) is 1.98. The first-order valence-electron chi connectivity index (χ1n) is 9.44. The molecule has 0 bridgehead atoms. The molecule has 0 aliphatic carbocycles. The molecule has 4 rings (SSSR count). The maximum Gasteiger partial charge on any atom is 0.315 e. The molecule has 6 nitrogen and oxygen atoms in total. The van der Waals surface area contributed by atoms with Crippen LogP contribution in [0.1, 0.15) is 15.9 Å². The number of carbonyl (C=O) groups excluding carboxylic acids is 2. The Bertz CT molecular complexity index is 1200. The molecule has 1 heterocycles. The van der Waals surface area contributed by atoms with Gasteiger partial charge in [-0.1, -0.05) is 30.3 Å². The quantitative estimate of drug-likeness (QED) is 0.367. The maximum absolute atomic E-state index is 12.5. The number of para-hydroxylation sites is 2. The van der Waals surface area contributed by atoms with Gasteiger partial charge < -0.3 is 19.8 Å². The normalized spacial score (nSPS) is 10.6. The Morgan fingerprint density at radius 2 is 1.67 bits per heavy atom. The minimum Gasteiger partial charge on any atom is -0.496 e. The van der Waals surface area contributed by atoms with Gasteiger partial charge in [-0.15, -0.1) is 0 Å². The summed E-state index contributed by atoms with van der Waals surface area (Å²) in [6.45, 7) is 0. The summed E-state index contributed by atoms with van der Waals surface area (Å²) < 4.78 is 10.6. The van der Waals surface area contributed by atoms with Crippen molar-refractivity contribution in [2.75, 3.05) is 12.4 Å². The van der Waals surface area contributed by atoms with Crippen molar-refractivity contribution in [3.63, 3.8) is 0 Å². The second kappa shape index (κ2) is 8.53. The summed E-state index contributed by atoms with van der Waals surface area (Å²) >= 11 is 0. The number of ether oxygens (including phenoxy) is 2. The van der Waals surface area contributed by atoms with Crippen LogP contribution in [0.4, 0.5) is 5.69 Å². The molecule has 6 heteroatoms. The molecule has 0 aliphatic rings. The predicted octanol–water partition coefficient (Wildman–Crippen LogP) is 4.58. The molecule has 0 saturated heterocycles. The van der Waals surface area contributed by atoms with Crippen LogP contribution in [0.25, 0.3) is 10.9 Å². The third-order valence-electron chi connectivity index (χ3n) is 4.71. The van der Waals surface area contributed by atoms with Crippen LogP contribution < -0.4 is 14.8 Å². The van der Waals surface area contributed by atoms with E-state index in [9.17, 15) is 9.59 Å². The van der Waals surface area contributed by atoms with E-state index in [0.29, 0.717) is 22.7 Å². The molecule has 0 atom stereocenters.